The van der Waals surface area contributed by atoms with Crippen LogP contribution in [-0.4, -0.2) is 95.2 Å². The molecule has 2 aromatic rings. The molecule has 3 rings (SSSR count). The maximum absolute atomic E-state index is 11.5. The molecule has 1 aliphatic rings. The fraction of sp³-hybridized carbons (Fsp3) is 0.438. The summed E-state index contributed by atoms with van der Waals surface area (Å²) in [5, 5.41) is 30.6. The van der Waals surface area contributed by atoms with Crippen molar-refractivity contribution in [2.45, 2.75) is 37.6 Å². The van der Waals surface area contributed by atoms with E-state index in [1.165, 1.54) is 18.2 Å². The number of hydrogen-bond acceptors (Lipinski definition) is 10. The van der Waals surface area contributed by atoms with E-state index in [-0.39, 0.29) is 40.9 Å². The van der Waals surface area contributed by atoms with Crippen molar-refractivity contribution in [1.82, 2.24) is 0 Å². The first-order valence-corrected chi connectivity index (χ1v) is 9.44. The molecule has 4 N–H and O–H groups in total. The van der Waals surface area contributed by atoms with Crippen LogP contribution >= 0.6 is 0 Å². The molecule has 155 valence electrons. The van der Waals surface area contributed by atoms with Gasteiger partial charge in [-0.05, 0) is 24.6 Å². The zero-order valence-electron chi connectivity index (χ0n) is 15.5. The van der Waals surface area contributed by atoms with Crippen LogP contribution in [0.3, 0.4) is 0 Å². The van der Waals surface area contributed by atoms with Gasteiger partial charge in [-0.15, -0.1) is 0 Å². The zero-order chi connectivity index (χ0) is 20.6. The summed E-state index contributed by atoms with van der Waals surface area (Å²) in [7, 11) is -4.80. The second-order valence-corrected chi connectivity index (χ2v) is 7.34. The minimum Gasteiger partial charge on any atom is -0.462 e. The molecule has 0 aliphatic carbocycles. The van der Waals surface area contributed by atoms with E-state index in [4.69, 9.17) is 18.4 Å². The van der Waals surface area contributed by atoms with E-state index in [1.54, 1.807) is 13.0 Å². The van der Waals surface area contributed by atoms with Gasteiger partial charge in [-0.3, -0.25) is 4.55 Å². The van der Waals surface area contributed by atoms with Gasteiger partial charge in [0.15, 0.2) is 0 Å². The molecule has 11 nitrogen and oxygen atoms in total. The predicted octanol–water partition coefficient (Wildman–Crippen LogP) is -1.27. The third-order valence-corrected chi connectivity index (χ3v) is 4.66. The van der Waals surface area contributed by atoms with Crippen molar-refractivity contribution in [2.75, 3.05) is 6.61 Å². The van der Waals surface area contributed by atoms with E-state index in [2.05, 4.69) is 4.18 Å². The van der Waals surface area contributed by atoms with Crippen LogP contribution in [0.15, 0.2) is 33.5 Å². The topological polar surface area (TPSA) is 173 Å². The van der Waals surface area contributed by atoms with Gasteiger partial charge in [0.25, 0.3) is 0 Å². The molecule has 0 bridgehead atoms. The molecule has 1 aliphatic heterocycles. The zero-order valence-corrected chi connectivity index (χ0v) is 18.3. The van der Waals surface area contributed by atoms with Crippen molar-refractivity contribution >= 4 is 50.9 Å². The van der Waals surface area contributed by atoms with Crippen molar-refractivity contribution < 1.29 is 46.4 Å². The largest absolute Gasteiger partial charge is 0.462 e. The number of fused-ring (bicyclic) bond motifs is 1. The average Bonchev–Trinajstić information content (AvgIpc) is 2.60. The van der Waals surface area contributed by atoms with Gasteiger partial charge in [0, 0.05) is 47.1 Å². The van der Waals surface area contributed by atoms with Crippen molar-refractivity contribution in [1.29, 1.82) is 0 Å². The van der Waals surface area contributed by atoms with Crippen LogP contribution in [0.2, 0.25) is 0 Å². The van der Waals surface area contributed by atoms with Gasteiger partial charge in [0.1, 0.15) is 35.7 Å². The first kappa shape index (κ1) is 24.2. The van der Waals surface area contributed by atoms with Crippen molar-refractivity contribution in [3.8, 4) is 5.75 Å². The normalized spacial score (nSPS) is 27.4. The van der Waals surface area contributed by atoms with Crippen LogP contribution in [0.4, 0.5) is 0 Å². The smallest absolute Gasteiger partial charge is 0.397 e. The Morgan fingerprint density at radius 1 is 1.10 bits per heavy atom. The Labute approximate surface area is 187 Å². The third kappa shape index (κ3) is 5.76. The van der Waals surface area contributed by atoms with Gasteiger partial charge in [-0.1, -0.05) is 0 Å². The maximum Gasteiger partial charge on any atom is 0.397 e. The van der Waals surface area contributed by atoms with Crippen LogP contribution in [0.25, 0.3) is 11.0 Å². The number of aliphatic hydroxyl groups excluding tert-OH is 3. The van der Waals surface area contributed by atoms with E-state index in [1.807, 2.05) is 0 Å². The number of benzene rings is 1. The van der Waals surface area contributed by atoms with Gasteiger partial charge >= 0.3 is 16.0 Å². The molecule has 1 fully saturated rings. The summed E-state index contributed by atoms with van der Waals surface area (Å²) in [5.74, 6) is 0.114. The first-order valence-electron chi connectivity index (χ1n) is 8.08. The molecular weight excluding hydrogens is 423 g/mol. The minimum atomic E-state index is -4.80. The number of aryl methyl sites for hydroxylation is 1. The maximum atomic E-state index is 11.5. The fourth-order valence-electron chi connectivity index (χ4n) is 2.82. The molecule has 29 heavy (non-hydrogen) atoms. The first-order chi connectivity index (χ1) is 13.0. The Morgan fingerprint density at radius 2 is 1.79 bits per heavy atom. The second-order valence-electron chi connectivity index (χ2n) is 6.25. The van der Waals surface area contributed by atoms with Crippen LogP contribution in [0.5, 0.6) is 5.75 Å². The third-order valence-electron chi connectivity index (χ3n) is 4.22. The summed E-state index contributed by atoms with van der Waals surface area (Å²) < 4.78 is 50.0. The van der Waals surface area contributed by atoms with Gasteiger partial charge in [0.2, 0.25) is 6.29 Å². The van der Waals surface area contributed by atoms with Crippen molar-refractivity contribution in [3.05, 3.63) is 40.2 Å². The van der Waals surface area contributed by atoms with E-state index in [9.17, 15) is 28.5 Å². The molecule has 0 unspecified atom stereocenters. The number of hydrogen-bond donors (Lipinski definition) is 4. The van der Waals surface area contributed by atoms with Crippen LogP contribution < -0.4 is 10.4 Å². The fourth-order valence-corrected chi connectivity index (χ4v) is 3.12. The van der Waals surface area contributed by atoms with Crippen LogP contribution in [-0.2, 0) is 19.3 Å². The summed E-state index contributed by atoms with van der Waals surface area (Å²) in [6.45, 7) is 0.904. The summed E-state index contributed by atoms with van der Waals surface area (Å²) in [6, 6.07) is 5.82. The van der Waals surface area contributed by atoms with Crippen molar-refractivity contribution in [3.63, 3.8) is 0 Å². The SMILES string of the molecule is Cc1cc(=O)oc2cc(O[C@@H]3O[C@H](COS(=O)(=O)O)[C@H](O)[C@H](O)[C@H]3O)ccc12.[Na]. The molecule has 1 saturated heterocycles. The van der Waals surface area contributed by atoms with E-state index in [0.29, 0.717) is 10.9 Å². The molecule has 0 amide bonds. The Balaban J connectivity index is 0.00000300. The summed E-state index contributed by atoms with van der Waals surface area (Å²) in [5.41, 5.74) is 0.351. The van der Waals surface area contributed by atoms with Gasteiger partial charge in [0.05, 0.1) is 6.61 Å². The van der Waals surface area contributed by atoms with Crippen molar-refractivity contribution in [2.24, 2.45) is 0 Å². The Hall–Kier alpha value is -1.06. The van der Waals surface area contributed by atoms with E-state index < -0.39 is 53.3 Å². The second kappa shape index (κ2) is 9.39. The summed E-state index contributed by atoms with van der Waals surface area (Å²) in [6.07, 6.45) is -8.06. The molecule has 13 heteroatoms. The summed E-state index contributed by atoms with van der Waals surface area (Å²) in [4.78, 5) is 11.5. The molecule has 1 radical (unpaired) electrons. The Bertz CT molecular complexity index is 1020. The van der Waals surface area contributed by atoms with Crippen LogP contribution in [0, 0.1) is 6.92 Å². The monoisotopic (exact) mass is 441 g/mol. The predicted molar refractivity (Wildman–Crippen MR) is 97.8 cm³/mol. The number of aliphatic hydroxyl groups is 3. The standard InChI is InChI=1S/C16H18O11S.Na/c1-7-4-12(17)26-10-5-8(2-3-9(7)10)25-16-15(20)14(19)13(18)11(27-16)6-24-28(21,22)23;/h2-5,11,13-16,18-20H,6H2,1H3,(H,21,22,23);/t11-,13+,14+,15-,16-;/m1./s1. The molecule has 1 aromatic heterocycles. The molecule has 0 spiro atoms. The molecule has 5 atom stereocenters. The number of rotatable bonds is 5. The average molecular weight is 441 g/mol. The quantitative estimate of drug-likeness (QED) is 0.247. The summed E-state index contributed by atoms with van der Waals surface area (Å²) >= 11 is 0. The van der Waals surface area contributed by atoms with Crippen LogP contribution in [0.1, 0.15) is 5.56 Å². The molecule has 2 heterocycles. The van der Waals surface area contributed by atoms with Gasteiger partial charge in [-0.2, -0.15) is 8.42 Å². The Kier molecular flexibility index (Phi) is 7.84. The van der Waals surface area contributed by atoms with E-state index in [0.717, 1.165) is 0 Å². The minimum absolute atomic E-state index is 0. The molecule has 0 saturated carbocycles. The molecular formula is C16H18NaO11S. The Morgan fingerprint density at radius 3 is 2.45 bits per heavy atom. The molecule has 1 aromatic carbocycles. The van der Waals surface area contributed by atoms with E-state index >= 15 is 0 Å². The van der Waals surface area contributed by atoms with Gasteiger partial charge < -0.3 is 29.2 Å². The number of ether oxygens (including phenoxy) is 2. The van der Waals surface area contributed by atoms with Gasteiger partial charge in [-0.25, -0.2) is 8.98 Å².